The molecule has 3 amide bonds. The maximum absolute atomic E-state index is 12.2. The van der Waals surface area contributed by atoms with E-state index >= 15 is 0 Å². The van der Waals surface area contributed by atoms with Gasteiger partial charge in [-0.05, 0) is 36.4 Å². The van der Waals surface area contributed by atoms with Gasteiger partial charge in [-0.1, -0.05) is 0 Å². The van der Waals surface area contributed by atoms with Crippen LogP contribution in [-0.2, 0) is 0 Å². The molecule has 2 aromatic carbocycles. The minimum Gasteiger partial charge on any atom is -0.393 e. The van der Waals surface area contributed by atoms with Crippen molar-refractivity contribution in [2.45, 2.75) is 0 Å². The van der Waals surface area contributed by atoms with Gasteiger partial charge in [0.15, 0.2) is 0 Å². The van der Waals surface area contributed by atoms with Crippen molar-refractivity contribution in [1.29, 1.82) is 0 Å². The van der Waals surface area contributed by atoms with Crippen molar-refractivity contribution in [3.05, 3.63) is 58.1 Å². The Morgan fingerprint density at radius 2 is 1.62 bits per heavy atom. The van der Waals surface area contributed by atoms with Crippen molar-refractivity contribution in [3.8, 4) is 0 Å². The number of rotatable bonds is 4. The second-order valence-electron chi connectivity index (χ2n) is 4.77. The smallest absolute Gasteiger partial charge is 0.318 e. The van der Waals surface area contributed by atoms with E-state index in [1.807, 2.05) is 0 Å². The molecule has 24 heavy (non-hydrogen) atoms. The van der Waals surface area contributed by atoms with Gasteiger partial charge in [0, 0.05) is 30.1 Å². The zero-order valence-corrected chi connectivity index (χ0v) is 12.7. The first-order valence-electron chi connectivity index (χ1n) is 6.85. The number of hydrogen-bond donors (Lipinski definition) is 4. The van der Waals surface area contributed by atoms with Crippen LogP contribution in [0, 0.1) is 10.1 Å². The van der Waals surface area contributed by atoms with Gasteiger partial charge >= 0.3 is 6.03 Å². The molecule has 0 aliphatic rings. The second-order valence-corrected chi connectivity index (χ2v) is 4.77. The van der Waals surface area contributed by atoms with E-state index in [0.29, 0.717) is 11.4 Å². The Bertz CT molecular complexity index is 789. The first-order chi connectivity index (χ1) is 11.4. The summed E-state index contributed by atoms with van der Waals surface area (Å²) in [5.41, 5.74) is 6.30. The van der Waals surface area contributed by atoms with Crippen molar-refractivity contribution in [3.63, 3.8) is 0 Å². The average molecular weight is 329 g/mol. The molecule has 0 unspecified atom stereocenters. The Hall–Kier alpha value is -3.62. The third kappa shape index (κ3) is 3.97. The Balaban J connectivity index is 2.11. The number of nitrogens with one attached hydrogen (secondary N) is 3. The van der Waals surface area contributed by atoms with Gasteiger partial charge in [-0.3, -0.25) is 14.9 Å². The number of nitrogens with zero attached hydrogens (tertiary/aromatic N) is 1. The maximum Gasteiger partial charge on any atom is 0.318 e. The van der Waals surface area contributed by atoms with Crippen LogP contribution in [0.1, 0.15) is 10.4 Å². The number of benzene rings is 2. The van der Waals surface area contributed by atoms with Crippen LogP contribution in [0.2, 0.25) is 0 Å². The number of carbonyl (C=O) groups is 2. The molecule has 9 heteroatoms. The summed E-state index contributed by atoms with van der Waals surface area (Å²) in [5.74, 6) is -0.509. The Morgan fingerprint density at radius 1 is 1.04 bits per heavy atom. The fraction of sp³-hybridized carbons (Fsp3) is 0.0667. The van der Waals surface area contributed by atoms with Crippen LogP contribution >= 0.6 is 0 Å². The monoisotopic (exact) mass is 329 g/mol. The van der Waals surface area contributed by atoms with Crippen molar-refractivity contribution >= 4 is 34.7 Å². The lowest BCUT2D eigenvalue weighted by Crippen LogP contribution is -2.24. The fourth-order valence-electron chi connectivity index (χ4n) is 1.88. The highest BCUT2D eigenvalue weighted by Crippen LogP contribution is 2.23. The molecular formula is C15H15N5O4. The van der Waals surface area contributed by atoms with Crippen LogP contribution in [0.25, 0.3) is 0 Å². The van der Waals surface area contributed by atoms with E-state index in [4.69, 9.17) is 5.73 Å². The lowest BCUT2D eigenvalue weighted by molar-refractivity contribution is -0.383. The van der Waals surface area contributed by atoms with Crippen LogP contribution in [0.4, 0.5) is 27.5 Å². The van der Waals surface area contributed by atoms with E-state index in [1.165, 1.54) is 19.2 Å². The second kappa shape index (κ2) is 7.09. The number of nitro benzene ring substituents is 1. The summed E-state index contributed by atoms with van der Waals surface area (Å²) < 4.78 is 0. The molecule has 0 spiro atoms. The fourth-order valence-corrected chi connectivity index (χ4v) is 1.88. The Labute approximate surface area is 137 Å². The largest absolute Gasteiger partial charge is 0.393 e. The summed E-state index contributed by atoms with van der Waals surface area (Å²) >= 11 is 0. The van der Waals surface area contributed by atoms with E-state index < -0.39 is 10.8 Å². The number of anilines is 3. The van der Waals surface area contributed by atoms with Crippen LogP contribution < -0.4 is 21.7 Å². The molecular weight excluding hydrogens is 314 g/mol. The summed E-state index contributed by atoms with van der Waals surface area (Å²) in [6.07, 6.45) is 0. The van der Waals surface area contributed by atoms with Gasteiger partial charge in [0.1, 0.15) is 5.69 Å². The first kappa shape index (κ1) is 16.7. The summed E-state index contributed by atoms with van der Waals surface area (Å²) in [6.45, 7) is 0. The highest BCUT2D eigenvalue weighted by atomic mass is 16.6. The molecule has 0 heterocycles. The quantitative estimate of drug-likeness (QED) is 0.387. The van der Waals surface area contributed by atoms with E-state index in [2.05, 4.69) is 16.0 Å². The molecule has 2 rings (SSSR count). The third-order valence-electron chi connectivity index (χ3n) is 3.12. The molecule has 0 aliphatic carbocycles. The highest BCUT2D eigenvalue weighted by Gasteiger charge is 2.15. The normalized spacial score (nSPS) is 9.88. The molecule has 0 atom stereocenters. The van der Waals surface area contributed by atoms with Gasteiger partial charge in [-0.25, -0.2) is 4.79 Å². The van der Waals surface area contributed by atoms with Crippen LogP contribution in [0.5, 0.6) is 0 Å². The molecule has 0 bridgehead atoms. The minimum atomic E-state index is -0.647. The topological polar surface area (TPSA) is 139 Å². The van der Waals surface area contributed by atoms with Crippen molar-refractivity contribution in [2.75, 3.05) is 23.4 Å². The number of nitro groups is 1. The SMILES string of the molecule is CNC(=O)Nc1ccc(NC(=O)c2ccc(N)c([N+](=O)[O-])c2)cc1. The number of nitrogen functional groups attached to an aromatic ring is 1. The minimum absolute atomic E-state index is 0.0128. The van der Waals surface area contributed by atoms with Gasteiger partial charge < -0.3 is 21.7 Å². The predicted octanol–water partition coefficient (Wildman–Crippen LogP) is 2.18. The molecule has 0 aliphatic heterocycles. The molecule has 0 aromatic heterocycles. The van der Waals surface area contributed by atoms with Gasteiger partial charge in [-0.2, -0.15) is 0 Å². The molecule has 0 saturated heterocycles. The van der Waals surface area contributed by atoms with E-state index in [1.54, 1.807) is 24.3 Å². The molecule has 0 fully saturated rings. The Morgan fingerprint density at radius 3 is 2.17 bits per heavy atom. The summed E-state index contributed by atoms with van der Waals surface area (Å²) in [5, 5.41) is 18.5. The van der Waals surface area contributed by atoms with E-state index in [9.17, 15) is 19.7 Å². The summed E-state index contributed by atoms with van der Waals surface area (Å²) in [6, 6.07) is 9.87. The summed E-state index contributed by atoms with van der Waals surface area (Å²) in [7, 11) is 1.50. The number of hydrogen-bond acceptors (Lipinski definition) is 5. The lowest BCUT2D eigenvalue weighted by Gasteiger charge is -2.08. The number of carbonyl (C=O) groups excluding carboxylic acids is 2. The first-order valence-corrected chi connectivity index (χ1v) is 6.85. The molecule has 124 valence electrons. The predicted molar refractivity (Wildman–Crippen MR) is 90.0 cm³/mol. The number of amides is 3. The van der Waals surface area contributed by atoms with Crippen LogP contribution in [-0.4, -0.2) is 23.9 Å². The van der Waals surface area contributed by atoms with Crippen molar-refractivity contribution in [2.24, 2.45) is 0 Å². The van der Waals surface area contributed by atoms with Crippen LogP contribution in [0.3, 0.4) is 0 Å². The summed E-state index contributed by atoms with van der Waals surface area (Å²) in [4.78, 5) is 33.6. The zero-order valence-electron chi connectivity index (χ0n) is 12.7. The molecule has 0 saturated carbocycles. The highest BCUT2D eigenvalue weighted by molar-refractivity contribution is 6.05. The molecule has 2 aromatic rings. The van der Waals surface area contributed by atoms with Crippen LogP contribution in [0.15, 0.2) is 42.5 Å². The molecule has 5 N–H and O–H groups in total. The Kier molecular flexibility index (Phi) is 4.95. The number of urea groups is 1. The van der Waals surface area contributed by atoms with Gasteiger partial charge in [0.2, 0.25) is 0 Å². The maximum atomic E-state index is 12.2. The molecule has 9 nitrogen and oxygen atoms in total. The lowest BCUT2D eigenvalue weighted by atomic mass is 10.1. The van der Waals surface area contributed by atoms with Crippen molar-refractivity contribution < 1.29 is 14.5 Å². The van der Waals surface area contributed by atoms with Gasteiger partial charge in [-0.15, -0.1) is 0 Å². The van der Waals surface area contributed by atoms with E-state index in [0.717, 1.165) is 6.07 Å². The average Bonchev–Trinajstić information content (AvgIpc) is 2.56. The number of nitrogens with two attached hydrogens (primary N) is 1. The van der Waals surface area contributed by atoms with Crippen molar-refractivity contribution in [1.82, 2.24) is 5.32 Å². The zero-order chi connectivity index (χ0) is 17.7. The van der Waals surface area contributed by atoms with E-state index in [-0.39, 0.29) is 23.0 Å². The molecule has 0 radical (unpaired) electrons. The third-order valence-corrected chi connectivity index (χ3v) is 3.12. The standard InChI is InChI=1S/C15H15N5O4/c1-17-15(22)19-11-5-3-10(4-6-11)18-14(21)9-2-7-12(16)13(8-9)20(23)24/h2-8H,16H2,1H3,(H,18,21)(H2,17,19,22). The van der Waals surface area contributed by atoms with Gasteiger partial charge in [0.25, 0.3) is 11.6 Å². The van der Waals surface area contributed by atoms with Gasteiger partial charge in [0.05, 0.1) is 4.92 Å².